The van der Waals surface area contributed by atoms with E-state index in [1.54, 1.807) is 24.3 Å². The third-order valence-corrected chi connectivity index (χ3v) is 2.56. The highest BCUT2D eigenvalue weighted by molar-refractivity contribution is 5.88. The van der Waals surface area contributed by atoms with Crippen molar-refractivity contribution in [3.63, 3.8) is 0 Å². The van der Waals surface area contributed by atoms with Crippen molar-refractivity contribution in [2.24, 2.45) is 0 Å². The van der Waals surface area contributed by atoms with Gasteiger partial charge in [0.15, 0.2) is 0 Å². The molecule has 0 spiro atoms. The molecule has 5 nitrogen and oxygen atoms in total. The monoisotopic (exact) mass is 245 g/mol. The fourth-order valence-electron chi connectivity index (χ4n) is 1.65. The van der Waals surface area contributed by atoms with Gasteiger partial charge in [0, 0.05) is 18.0 Å². The van der Waals surface area contributed by atoms with Crippen LogP contribution in [0.3, 0.4) is 0 Å². The lowest BCUT2D eigenvalue weighted by Gasteiger charge is -2.04. The van der Waals surface area contributed by atoms with Crippen LogP contribution in [0.5, 0.6) is 5.75 Å². The predicted octanol–water partition coefficient (Wildman–Crippen LogP) is 1.75. The number of carboxylic acids is 1. The van der Waals surface area contributed by atoms with Crippen molar-refractivity contribution in [1.82, 2.24) is 4.98 Å². The summed E-state index contributed by atoms with van der Waals surface area (Å²) in [6, 6.07) is 6.88. The van der Waals surface area contributed by atoms with Gasteiger partial charge in [-0.15, -0.1) is 0 Å². The zero-order chi connectivity index (χ0) is 13.1. The molecule has 5 heteroatoms. The molecule has 1 aromatic heterocycles. The number of aromatic nitrogens is 1. The number of rotatable bonds is 3. The molecule has 0 unspecified atom stereocenters. The minimum atomic E-state index is -1.25. The number of benzene rings is 1. The number of carboxylic acid groups (broad SMARTS) is 1. The molecule has 0 aliphatic heterocycles. The van der Waals surface area contributed by atoms with Crippen LogP contribution < -0.4 is 10.2 Å². The number of aromatic amines is 1. The first-order chi connectivity index (χ1) is 8.63. The van der Waals surface area contributed by atoms with Gasteiger partial charge in [-0.05, 0) is 17.7 Å². The molecule has 1 aromatic carbocycles. The first kappa shape index (κ1) is 11.9. The Labute approximate surface area is 103 Å². The van der Waals surface area contributed by atoms with E-state index in [0.717, 1.165) is 0 Å². The van der Waals surface area contributed by atoms with Crippen molar-refractivity contribution < 1.29 is 14.6 Å². The predicted molar refractivity (Wildman–Crippen MR) is 66.0 cm³/mol. The average molecular weight is 245 g/mol. The zero-order valence-electron chi connectivity index (χ0n) is 9.64. The fraction of sp³-hybridized carbons (Fsp3) is 0.0769. The molecule has 2 N–H and O–H groups in total. The largest absolute Gasteiger partial charge is 0.497 e. The van der Waals surface area contributed by atoms with Crippen LogP contribution in [-0.4, -0.2) is 23.2 Å². The lowest BCUT2D eigenvalue weighted by atomic mass is 10.1. The number of methoxy groups -OCH3 is 1. The Balaban J connectivity index is 2.61. The van der Waals surface area contributed by atoms with Crippen LogP contribution in [0.2, 0.25) is 0 Å². The van der Waals surface area contributed by atoms with E-state index in [4.69, 9.17) is 9.84 Å². The summed E-state index contributed by atoms with van der Waals surface area (Å²) in [7, 11) is 1.52. The molecule has 0 radical (unpaired) electrons. The molecule has 0 amide bonds. The van der Waals surface area contributed by atoms with E-state index in [2.05, 4.69) is 4.98 Å². The molecule has 0 aliphatic carbocycles. The summed E-state index contributed by atoms with van der Waals surface area (Å²) in [4.78, 5) is 25.5. The van der Waals surface area contributed by atoms with Crippen molar-refractivity contribution in [2.45, 2.75) is 0 Å². The molecule has 2 rings (SSSR count). The molecule has 92 valence electrons. The Kier molecular flexibility index (Phi) is 3.14. The van der Waals surface area contributed by atoms with E-state index in [9.17, 15) is 9.59 Å². The van der Waals surface area contributed by atoms with Gasteiger partial charge in [0.25, 0.3) is 0 Å². The summed E-state index contributed by atoms with van der Waals surface area (Å²) >= 11 is 0. The van der Waals surface area contributed by atoms with Gasteiger partial charge >= 0.3 is 5.97 Å². The average Bonchev–Trinajstić information content (AvgIpc) is 2.38. The third-order valence-electron chi connectivity index (χ3n) is 2.56. The minimum absolute atomic E-state index is 0.282. The van der Waals surface area contributed by atoms with E-state index in [1.165, 1.54) is 19.5 Å². The topological polar surface area (TPSA) is 79.4 Å². The Bertz CT molecular complexity index is 645. The number of nitrogens with one attached hydrogen (secondary N) is 1. The molecular weight excluding hydrogens is 234 g/mol. The number of hydrogen-bond donors (Lipinski definition) is 2. The van der Waals surface area contributed by atoms with Gasteiger partial charge in [0.05, 0.1) is 7.11 Å². The van der Waals surface area contributed by atoms with Gasteiger partial charge in [-0.1, -0.05) is 12.1 Å². The van der Waals surface area contributed by atoms with Crippen LogP contribution >= 0.6 is 0 Å². The molecule has 1 heterocycles. The van der Waals surface area contributed by atoms with Gasteiger partial charge in [-0.25, -0.2) is 4.79 Å². The van der Waals surface area contributed by atoms with E-state index in [1.807, 2.05) is 0 Å². The molecule has 18 heavy (non-hydrogen) atoms. The lowest BCUT2D eigenvalue weighted by molar-refractivity contribution is 0.0695. The van der Waals surface area contributed by atoms with Gasteiger partial charge in [0.2, 0.25) is 5.43 Å². The smallest absolute Gasteiger partial charge is 0.341 e. The number of pyridine rings is 1. The van der Waals surface area contributed by atoms with Gasteiger partial charge < -0.3 is 14.8 Å². The van der Waals surface area contributed by atoms with Crippen molar-refractivity contribution in [1.29, 1.82) is 0 Å². The van der Waals surface area contributed by atoms with Crippen LogP contribution in [0, 0.1) is 0 Å². The van der Waals surface area contributed by atoms with Crippen LogP contribution in [-0.2, 0) is 0 Å². The Hall–Kier alpha value is -2.56. The van der Waals surface area contributed by atoms with E-state index in [0.29, 0.717) is 16.9 Å². The van der Waals surface area contributed by atoms with Gasteiger partial charge in [-0.3, -0.25) is 4.79 Å². The first-order valence-corrected chi connectivity index (χ1v) is 5.22. The highest BCUT2D eigenvalue weighted by atomic mass is 16.5. The van der Waals surface area contributed by atoms with E-state index >= 15 is 0 Å². The Morgan fingerprint density at radius 3 is 2.78 bits per heavy atom. The van der Waals surface area contributed by atoms with Crippen molar-refractivity contribution in [3.05, 3.63) is 52.4 Å². The maximum absolute atomic E-state index is 12.0. The van der Waals surface area contributed by atoms with Crippen LogP contribution in [0.15, 0.2) is 41.5 Å². The normalized spacial score (nSPS) is 10.1. The van der Waals surface area contributed by atoms with Crippen LogP contribution in [0.25, 0.3) is 11.1 Å². The van der Waals surface area contributed by atoms with Crippen molar-refractivity contribution >= 4 is 5.97 Å². The summed E-state index contributed by atoms with van der Waals surface area (Å²) < 4.78 is 5.07. The molecule has 0 aliphatic rings. The summed E-state index contributed by atoms with van der Waals surface area (Å²) in [5.74, 6) is -0.645. The van der Waals surface area contributed by atoms with Crippen molar-refractivity contribution in [2.75, 3.05) is 7.11 Å². The number of aromatic carboxylic acids is 1. The van der Waals surface area contributed by atoms with Crippen LogP contribution in [0.4, 0.5) is 0 Å². The summed E-state index contributed by atoms with van der Waals surface area (Å²) in [5, 5.41) is 8.89. The summed E-state index contributed by atoms with van der Waals surface area (Å²) in [6.07, 6.45) is 2.65. The molecular formula is C13H11NO4. The number of ether oxygens (including phenoxy) is 1. The van der Waals surface area contributed by atoms with Gasteiger partial charge in [0.1, 0.15) is 11.3 Å². The maximum atomic E-state index is 12.0. The number of H-pyrrole nitrogens is 1. The number of carbonyl (C=O) groups is 1. The molecule has 0 fully saturated rings. The fourth-order valence-corrected chi connectivity index (χ4v) is 1.65. The third kappa shape index (κ3) is 2.10. The van der Waals surface area contributed by atoms with Crippen molar-refractivity contribution in [3.8, 4) is 16.9 Å². The Morgan fingerprint density at radius 2 is 2.11 bits per heavy atom. The van der Waals surface area contributed by atoms with E-state index < -0.39 is 11.4 Å². The highest BCUT2D eigenvalue weighted by Gasteiger charge is 2.13. The molecule has 0 saturated carbocycles. The molecule has 0 saturated heterocycles. The minimum Gasteiger partial charge on any atom is -0.497 e. The molecule has 0 bridgehead atoms. The number of hydrogen-bond acceptors (Lipinski definition) is 3. The standard InChI is InChI=1S/C13H11NO4/c1-18-9-4-2-3-8(5-9)10-6-14-7-11(12(10)15)13(16)17/h2-7H,1H3,(H,14,15)(H,16,17). The molecule has 2 aromatic rings. The maximum Gasteiger partial charge on any atom is 0.341 e. The summed E-state index contributed by atoms with van der Waals surface area (Å²) in [5.41, 5.74) is 0.109. The second-order valence-corrected chi connectivity index (χ2v) is 3.65. The lowest BCUT2D eigenvalue weighted by Crippen LogP contribution is -2.16. The zero-order valence-corrected chi connectivity index (χ0v) is 9.64. The van der Waals surface area contributed by atoms with Gasteiger partial charge in [-0.2, -0.15) is 0 Å². The Morgan fingerprint density at radius 1 is 1.33 bits per heavy atom. The summed E-state index contributed by atoms with van der Waals surface area (Å²) in [6.45, 7) is 0. The quantitative estimate of drug-likeness (QED) is 0.863. The SMILES string of the molecule is COc1cccc(-c2c[nH]cc(C(=O)O)c2=O)c1. The first-order valence-electron chi connectivity index (χ1n) is 5.22. The second kappa shape index (κ2) is 4.75. The van der Waals surface area contributed by atoms with Crippen LogP contribution in [0.1, 0.15) is 10.4 Å². The highest BCUT2D eigenvalue weighted by Crippen LogP contribution is 2.20. The second-order valence-electron chi connectivity index (χ2n) is 3.65. The molecule has 0 atom stereocenters. The van der Waals surface area contributed by atoms with E-state index in [-0.39, 0.29) is 5.56 Å².